The SMILES string of the molecule is Cc1cccn2c(=O)cc(CNC(C)c3ccccc3F)nc12. The van der Waals surface area contributed by atoms with Gasteiger partial charge in [-0.2, -0.15) is 0 Å². The largest absolute Gasteiger partial charge is 0.304 e. The number of hydrogen-bond acceptors (Lipinski definition) is 3. The zero-order valence-electron chi connectivity index (χ0n) is 13.1. The number of benzene rings is 1. The molecule has 3 aromatic rings. The van der Waals surface area contributed by atoms with Gasteiger partial charge in [0.2, 0.25) is 0 Å². The van der Waals surface area contributed by atoms with Gasteiger partial charge < -0.3 is 5.32 Å². The molecule has 0 saturated heterocycles. The Labute approximate surface area is 133 Å². The van der Waals surface area contributed by atoms with E-state index < -0.39 is 0 Å². The number of rotatable bonds is 4. The van der Waals surface area contributed by atoms with Gasteiger partial charge in [0.25, 0.3) is 5.56 Å². The van der Waals surface area contributed by atoms with E-state index in [-0.39, 0.29) is 17.4 Å². The summed E-state index contributed by atoms with van der Waals surface area (Å²) in [5, 5.41) is 3.22. The molecule has 5 heteroatoms. The first-order valence-electron chi connectivity index (χ1n) is 7.52. The Kier molecular flexibility index (Phi) is 4.21. The Morgan fingerprint density at radius 1 is 1.26 bits per heavy atom. The van der Waals surface area contributed by atoms with Crippen molar-refractivity contribution in [2.45, 2.75) is 26.4 Å². The van der Waals surface area contributed by atoms with Crippen LogP contribution in [0, 0.1) is 12.7 Å². The monoisotopic (exact) mass is 311 g/mol. The smallest absolute Gasteiger partial charge is 0.258 e. The Balaban J connectivity index is 1.84. The van der Waals surface area contributed by atoms with E-state index in [4.69, 9.17) is 0 Å². The van der Waals surface area contributed by atoms with E-state index in [9.17, 15) is 9.18 Å². The Morgan fingerprint density at radius 3 is 2.83 bits per heavy atom. The van der Waals surface area contributed by atoms with Crippen molar-refractivity contribution in [1.82, 2.24) is 14.7 Å². The minimum Gasteiger partial charge on any atom is -0.304 e. The molecule has 0 saturated carbocycles. The summed E-state index contributed by atoms with van der Waals surface area (Å²) >= 11 is 0. The van der Waals surface area contributed by atoms with Crippen LogP contribution in [-0.2, 0) is 6.54 Å². The van der Waals surface area contributed by atoms with Gasteiger partial charge in [-0.05, 0) is 31.5 Å². The quantitative estimate of drug-likeness (QED) is 0.806. The molecular formula is C18H18FN3O. The second kappa shape index (κ2) is 6.30. The van der Waals surface area contributed by atoms with Crippen molar-refractivity contribution in [2.24, 2.45) is 0 Å². The summed E-state index contributed by atoms with van der Waals surface area (Å²) in [6, 6.07) is 11.7. The van der Waals surface area contributed by atoms with Crippen molar-refractivity contribution < 1.29 is 4.39 Å². The lowest BCUT2D eigenvalue weighted by Gasteiger charge is -2.15. The molecule has 2 aromatic heterocycles. The standard InChI is InChI=1S/C18H18FN3O/c1-12-6-5-9-22-17(23)10-14(21-18(12)22)11-20-13(2)15-7-3-4-8-16(15)19/h3-10,13,20H,11H2,1-2H3. The molecule has 0 radical (unpaired) electrons. The minimum atomic E-state index is -0.241. The molecule has 0 aliphatic heterocycles. The van der Waals surface area contributed by atoms with Crippen LogP contribution in [0.15, 0.2) is 53.5 Å². The number of nitrogens with one attached hydrogen (secondary N) is 1. The zero-order chi connectivity index (χ0) is 16.4. The third kappa shape index (κ3) is 3.14. The number of hydrogen-bond donors (Lipinski definition) is 1. The van der Waals surface area contributed by atoms with Gasteiger partial charge in [-0.25, -0.2) is 9.37 Å². The second-order valence-corrected chi connectivity index (χ2v) is 5.59. The summed E-state index contributed by atoms with van der Waals surface area (Å²) in [6.45, 7) is 4.20. The highest BCUT2D eigenvalue weighted by molar-refractivity contribution is 5.46. The molecule has 0 fully saturated rings. The summed E-state index contributed by atoms with van der Waals surface area (Å²) in [5.41, 5.74) is 2.71. The summed E-state index contributed by atoms with van der Waals surface area (Å²) in [7, 11) is 0. The van der Waals surface area contributed by atoms with E-state index in [0.29, 0.717) is 23.4 Å². The number of aryl methyl sites for hydroxylation is 1. The molecule has 1 unspecified atom stereocenters. The van der Waals surface area contributed by atoms with Crippen LogP contribution >= 0.6 is 0 Å². The van der Waals surface area contributed by atoms with Gasteiger partial charge in [0.15, 0.2) is 0 Å². The predicted octanol–water partition coefficient (Wildman–Crippen LogP) is 2.99. The molecule has 1 N–H and O–H groups in total. The van der Waals surface area contributed by atoms with Crippen molar-refractivity contribution in [3.63, 3.8) is 0 Å². The van der Waals surface area contributed by atoms with E-state index in [1.165, 1.54) is 16.5 Å². The number of fused-ring (bicyclic) bond motifs is 1. The van der Waals surface area contributed by atoms with Crippen LogP contribution in [0.25, 0.3) is 5.65 Å². The van der Waals surface area contributed by atoms with Gasteiger partial charge in [-0.1, -0.05) is 24.3 Å². The third-order valence-electron chi connectivity index (χ3n) is 3.90. The van der Waals surface area contributed by atoms with Crippen molar-refractivity contribution in [3.8, 4) is 0 Å². The first-order valence-corrected chi connectivity index (χ1v) is 7.52. The summed E-state index contributed by atoms with van der Waals surface area (Å²) < 4.78 is 15.3. The van der Waals surface area contributed by atoms with Gasteiger partial charge in [0.05, 0.1) is 5.69 Å². The minimum absolute atomic E-state index is 0.117. The molecule has 118 valence electrons. The van der Waals surface area contributed by atoms with Crippen LogP contribution in [0.2, 0.25) is 0 Å². The second-order valence-electron chi connectivity index (χ2n) is 5.59. The normalized spacial score (nSPS) is 12.5. The highest BCUT2D eigenvalue weighted by Crippen LogP contribution is 2.16. The van der Waals surface area contributed by atoms with Crippen LogP contribution < -0.4 is 10.9 Å². The Morgan fingerprint density at radius 2 is 2.04 bits per heavy atom. The lowest BCUT2D eigenvalue weighted by Crippen LogP contribution is -2.23. The lowest BCUT2D eigenvalue weighted by molar-refractivity contribution is 0.524. The summed E-state index contributed by atoms with van der Waals surface area (Å²) in [6.07, 6.45) is 1.71. The predicted molar refractivity (Wildman–Crippen MR) is 87.9 cm³/mol. The highest BCUT2D eigenvalue weighted by atomic mass is 19.1. The van der Waals surface area contributed by atoms with Crippen molar-refractivity contribution in [1.29, 1.82) is 0 Å². The van der Waals surface area contributed by atoms with E-state index in [1.54, 1.807) is 24.4 Å². The topological polar surface area (TPSA) is 46.4 Å². The average Bonchev–Trinajstić information content (AvgIpc) is 2.54. The van der Waals surface area contributed by atoms with Gasteiger partial charge in [-0.3, -0.25) is 9.20 Å². The maximum Gasteiger partial charge on any atom is 0.258 e. The van der Waals surface area contributed by atoms with Crippen molar-refractivity contribution >= 4 is 5.65 Å². The molecule has 0 spiro atoms. The van der Waals surface area contributed by atoms with Crippen molar-refractivity contribution in [3.05, 3.63) is 81.7 Å². The molecule has 3 rings (SSSR count). The number of pyridine rings is 1. The van der Waals surface area contributed by atoms with Crippen LogP contribution in [0.1, 0.15) is 29.8 Å². The first kappa shape index (κ1) is 15.4. The molecule has 1 atom stereocenters. The van der Waals surface area contributed by atoms with E-state index in [2.05, 4.69) is 10.3 Å². The van der Waals surface area contributed by atoms with Gasteiger partial charge in [0.1, 0.15) is 11.5 Å². The molecule has 1 aromatic carbocycles. The number of nitrogens with zero attached hydrogens (tertiary/aromatic N) is 2. The zero-order valence-corrected chi connectivity index (χ0v) is 13.1. The Hall–Kier alpha value is -2.53. The third-order valence-corrected chi connectivity index (χ3v) is 3.90. The molecular weight excluding hydrogens is 293 g/mol. The van der Waals surface area contributed by atoms with Crippen LogP contribution in [0.4, 0.5) is 4.39 Å². The van der Waals surface area contributed by atoms with E-state index in [0.717, 1.165) is 5.56 Å². The highest BCUT2D eigenvalue weighted by Gasteiger charge is 2.11. The van der Waals surface area contributed by atoms with Gasteiger partial charge >= 0.3 is 0 Å². The molecule has 23 heavy (non-hydrogen) atoms. The van der Waals surface area contributed by atoms with Crippen LogP contribution in [0.3, 0.4) is 0 Å². The summed E-state index contributed by atoms with van der Waals surface area (Å²) in [5.74, 6) is -0.241. The van der Waals surface area contributed by atoms with Crippen molar-refractivity contribution in [2.75, 3.05) is 0 Å². The van der Waals surface area contributed by atoms with Gasteiger partial charge in [0, 0.05) is 30.4 Å². The maximum atomic E-state index is 13.8. The van der Waals surface area contributed by atoms with Crippen LogP contribution in [-0.4, -0.2) is 9.38 Å². The average molecular weight is 311 g/mol. The fraction of sp³-hybridized carbons (Fsp3) is 0.222. The van der Waals surface area contributed by atoms with E-state index >= 15 is 0 Å². The molecule has 4 nitrogen and oxygen atoms in total. The van der Waals surface area contributed by atoms with Gasteiger partial charge in [-0.15, -0.1) is 0 Å². The molecule has 0 aliphatic carbocycles. The maximum absolute atomic E-state index is 13.8. The fourth-order valence-corrected chi connectivity index (χ4v) is 2.59. The van der Waals surface area contributed by atoms with E-state index in [1.807, 2.05) is 26.0 Å². The number of halogens is 1. The molecule has 2 heterocycles. The molecule has 0 amide bonds. The van der Waals surface area contributed by atoms with Crippen LogP contribution in [0.5, 0.6) is 0 Å². The molecule has 0 aliphatic rings. The Bertz CT molecular complexity index is 904. The first-order chi connectivity index (χ1) is 11.1. The number of aromatic nitrogens is 2. The summed E-state index contributed by atoms with van der Waals surface area (Å²) in [4.78, 5) is 16.7. The molecule has 0 bridgehead atoms. The fourth-order valence-electron chi connectivity index (χ4n) is 2.59. The lowest BCUT2D eigenvalue weighted by atomic mass is 10.1.